The largest absolute Gasteiger partial charge is 0.496 e. The standard InChI is InChI=1S/C26H25FIN4O5P/c1-29-10-11-36-21-13-16-14(12-20(21)35-3)17(6-8-30-16)37-19-5-4-15(23(28)24(19)38)32-26(33)22-18(34-2)7-9-31-25(22)27/h4-9,12-13,29H,10-11,38H2,1-3H3,(H,32,33). The molecule has 0 aliphatic heterocycles. The first-order valence-corrected chi connectivity index (χ1v) is 13.0. The molecule has 0 saturated heterocycles. The molecule has 2 heterocycles. The Morgan fingerprint density at radius 1 is 1.00 bits per heavy atom. The average Bonchev–Trinajstić information content (AvgIpc) is 2.92. The van der Waals surface area contributed by atoms with Crippen LogP contribution in [0.3, 0.4) is 0 Å². The van der Waals surface area contributed by atoms with Crippen LogP contribution in [-0.2, 0) is 0 Å². The topological polar surface area (TPSA) is 104 Å². The van der Waals surface area contributed by atoms with Crippen LogP contribution in [0.25, 0.3) is 10.9 Å². The summed E-state index contributed by atoms with van der Waals surface area (Å²) in [4.78, 5) is 20.8. The fourth-order valence-corrected chi connectivity index (χ4v) is 4.50. The number of hydrogen-bond donors (Lipinski definition) is 2. The first-order valence-electron chi connectivity index (χ1n) is 11.4. The smallest absolute Gasteiger partial charge is 0.264 e. The lowest BCUT2D eigenvalue weighted by Crippen LogP contribution is -2.18. The maximum atomic E-state index is 14.3. The Hall–Kier alpha value is -3.28. The molecule has 0 bridgehead atoms. The summed E-state index contributed by atoms with van der Waals surface area (Å²) in [7, 11) is 7.41. The van der Waals surface area contributed by atoms with E-state index in [1.165, 1.54) is 19.4 Å². The van der Waals surface area contributed by atoms with E-state index >= 15 is 0 Å². The first-order chi connectivity index (χ1) is 18.4. The number of pyridine rings is 2. The van der Waals surface area contributed by atoms with E-state index in [-0.39, 0.29) is 11.3 Å². The molecule has 9 nitrogen and oxygen atoms in total. The molecule has 0 aliphatic rings. The fourth-order valence-electron chi connectivity index (χ4n) is 3.61. The minimum atomic E-state index is -0.918. The zero-order chi connectivity index (χ0) is 27.2. The van der Waals surface area contributed by atoms with Crippen LogP contribution < -0.4 is 34.9 Å². The number of likely N-dealkylation sites (N-methyl/N-ethyl adjacent to an activating group) is 1. The number of fused-ring (bicyclic) bond motifs is 1. The molecular formula is C26H25FIN4O5P. The molecule has 2 aromatic heterocycles. The van der Waals surface area contributed by atoms with Gasteiger partial charge in [0, 0.05) is 39.3 Å². The van der Waals surface area contributed by atoms with Gasteiger partial charge in [-0.2, -0.15) is 4.39 Å². The molecule has 38 heavy (non-hydrogen) atoms. The van der Waals surface area contributed by atoms with E-state index in [0.717, 1.165) is 5.39 Å². The maximum absolute atomic E-state index is 14.3. The number of aromatic nitrogens is 2. The number of halogens is 2. The summed E-state index contributed by atoms with van der Waals surface area (Å²) >= 11 is 2.09. The first kappa shape index (κ1) is 27.7. The van der Waals surface area contributed by atoms with Gasteiger partial charge in [0.05, 0.1) is 25.4 Å². The molecule has 1 atom stereocenters. The van der Waals surface area contributed by atoms with Gasteiger partial charge in [0.1, 0.15) is 29.4 Å². The fraction of sp³-hybridized carbons (Fsp3) is 0.192. The molecule has 0 spiro atoms. The van der Waals surface area contributed by atoms with E-state index in [9.17, 15) is 9.18 Å². The van der Waals surface area contributed by atoms with E-state index in [0.29, 0.717) is 56.2 Å². The van der Waals surface area contributed by atoms with Crippen molar-refractivity contribution in [2.75, 3.05) is 39.7 Å². The average molecular weight is 650 g/mol. The summed E-state index contributed by atoms with van der Waals surface area (Å²) in [6, 6.07) is 10.2. The minimum Gasteiger partial charge on any atom is -0.496 e. The van der Waals surface area contributed by atoms with Crippen LogP contribution in [0.1, 0.15) is 10.4 Å². The van der Waals surface area contributed by atoms with Crippen LogP contribution in [-0.4, -0.2) is 50.3 Å². The van der Waals surface area contributed by atoms with Gasteiger partial charge < -0.3 is 29.6 Å². The second-order valence-corrected chi connectivity index (χ2v) is 9.51. The third-order valence-corrected chi connectivity index (χ3v) is 7.84. The number of carbonyl (C=O) groups excluding carboxylic acids is 1. The van der Waals surface area contributed by atoms with Gasteiger partial charge in [-0.25, -0.2) is 4.98 Å². The molecule has 12 heteroatoms. The van der Waals surface area contributed by atoms with Gasteiger partial charge in [-0.3, -0.25) is 9.78 Å². The highest BCUT2D eigenvalue weighted by Crippen LogP contribution is 2.37. The molecule has 2 aromatic carbocycles. The molecule has 4 rings (SSSR count). The van der Waals surface area contributed by atoms with Crippen molar-refractivity contribution in [2.24, 2.45) is 0 Å². The van der Waals surface area contributed by atoms with E-state index in [4.69, 9.17) is 18.9 Å². The van der Waals surface area contributed by atoms with Crippen molar-refractivity contribution >= 4 is 59.6 Å². The molecule has 0 radical (unpaired) electrons. The number of amides is 1. The SMILES string of the molecule is CNCCOc1cc2nccc(Oc3ccc(NC(=O)c4c(OC)ccnc4F)c(I)c3P)c2cc1OC. The summed E-state index contributed by atoms with van der Waals surface area (Å²) < 4.78 is 37.7. The number of rotatable bonds is 10. The summed E-state index contributed by atoms with van der Waals surface area (Å²) in [6.45, 7) is 1.17. The monoisotopic (exact) mass is 650 g/mol. The maximum Gasteiger partial charge on any atom is 0.264 e. The predicted molar refractivity (Wildman–Crippen MR) is 155 cm³/mol. The van der Waals surface area contributed by atoms with Crippen molar-refractivity contribution in [1.82, 2.24) is 15.3 Å². The van der Waals surface area contributed by atoms with Crippen molar-refractivity contribution in [1.29, 1.82) is 0 Å². The molecule has 1 unspecified atom stereocenters. The van der Waals surface area contributed by atoms with Crippen LogP contribution >= 0.6 is 31.8 Å². The van der Waals surface area contributed by atoms with Crippen molar-refractivity contribution in [3.8, 4) is 28.7 Å². The number of hydrogen-bond acceptors (Lipinski definition) is 8. The summed E-state index contributed by atoms with van der Waals surface area (Å²) in [6.07, 6.45) is 2.89. The number of ether oxygens (including phenoxy) is 4. The predicted octanol–water partition coefficient (Wildman–Crippen LogP) is 4.53. The molecule has 4 aromatic rings. The van der Waals surface area contributed by atoms with Crippen molar-refractivity contribution in [3.63, 3.8) is 0 Å². The lowest BCUT2D eigenvalue weighted by atomic mass is 10.1. The summed E-state index contributed by atoms with van der Waals surface area (Å²) in [5.41, 5.74) is 0.880. The van der Waals surface area contributed by atoms with Crippen molar-refractivity contribution in [2.45, 2.75) is 0 Å². The Kier molecular flexibility index (Phi) is 9.13. The van der Waals surface area contributed by atoms with E-state index in [2.05, 4.69) is 52.4 Å². The van der Waals surface area contributed by atoms with Crippen LogP contribution in [0.15, 0.2) is 48.8 Å². The Labute approximate surface area is 234 Å². The number of carbonyl (C=O) groups is 1. The lowest BCUT2D eigenvalue weighted by molar-refractivity contribution is 0.101. The third-order valence-electron chi connectivity index (χ3n) is 5.52. The zero-order valence-corrected chi connectivity index (χ0v) is 24.1. The molecule has 0 aliphatic carbocycles. The number of benzene rings is 2. The molecule has 2 N–H and O–H groups in total. The van der Waals surface area contributed by atoms with E-state index in [1.807, 2.05) is 19.2 Å². The third kappa shape index (κ3) is 5.90. The van der Waals surface area contributed by atoms with Crippen LogP contribution in [0, 0.1) is 9.52 Å². The zero-order valence-electron chi connectivity index (χ0n) is 20.8. The van der Waals surface area contributed by atoms with Crippen LogP contribution in [0.4, 0.5) is 10.1 Å². The Balaban J connectivity index is 1.62. The summed E-state index contributed by atoms with van der Waals surface area (Å²) in [5.74, 6) is 0.747. The Morgan fingerprint density at radius 2 is 1.74 bits per heavy atom. The number of nitrogens with zero attached hydrogens (tertiary/aromatic N) is 2. The number of methoxy groups -OCH3 is 2. The van der Waals surface area contributed by atoms with Gasteiger partial charge in [0.2, 0.25) is 5.95 Å². The highest BCUT2D eigenvalue weighted by molar-refractivity contribution is 14.1. The molecule has 198 valence electrons. The van der Waals surface area contributed by atoms with Crippen molar-refractivity contribution in [3.05, 3.63) is 63.9 Å². The molecular weight excluding hydrogens is 625 g/mol. The molecule has 0 saturated carbocycles. The normalized spacial score (nSPS) is 10.8. The second-order valence-electron chi connectivity index (χ2n) is 7.86. The van der Waals surface area contributed by atoms with Gasteiger partial charge >= 0.3 is 0 Å². The van der Waals surface area contributed by atoms with Gasteiger partial charge in [0.25, 0.3) is 5.91 Å². The second kappa shape index (κ2) is 12.5. The highest BCUT2D eigenvalue weighted by Gasteiger charge is 2.21. The number of anilines is 1. The number of nitrogens with one attached hydrogen (secondary N) is 2. The van der Waals surface area contributed by atoms with Gasteiger partial charge in [-0.05, 0) is 60.0 Å². The quantitative estimate of drug-likeness (QED) is 0.112. The summed E-state index contributed by atoms with van der Waals surface area (Å²) in [5, 5.41) is 7.20. The van der Waals surface area contributed by atoms with E-state index in [1.54, 1.807) is 31.5 Å². The van der Waals surface area contributed by atoms with Crippen LogP contribution in [0.5, 0.6) is 28.7 Å². The highest BCUT2D eigenvalue weighted by atomic mass is 127. The van der Waals surface area contributed by atoms with Crippen molar-refractivity contribution < 1.29 is 28.1 Å². The van der Waals surface area contributed by atoms with Gasteiger partial charge in [0.15, 0.2) is 11.5 Å². The Bertz CT molecular complexity index is 1490. The van der Waals surface area contributed by atoms with Crippen LogP contribution in [0.2, 0.25) is 0 Å². The van der Waals surface area contributed by atoms with Gasteiger partial charge in [-0.15, -0.1) is 9.24 Å². The molecule has 0 fully saturated rings. The minimum absolute atomic E-state index is 0.0895. The molecule has 1 amide bonds. The Morgan fingerprint density at radius 3 is 2.47 bits per heavy atom. The van der Waals surface area contributed by atoms with E-state index < -0.39 is 11.9 Å². The van der Waals surface area contributed by atoms with Gasteiger partial charge in [-0.1, -0.05) is 0 Å². The lowest BCUT2D eigenvalue weighted by Gasteiger charge is -2.16.